The molecule has 3 aromatic rings. The van der Waals surface area contributed by atoms with Crippen molar-refractivity contribution in [2.24, 2.45) is 0 Å². The van der Waals surface area contributed by atoms with Crippen LogP contribution in [-0.2, 0) is 0 Å². The predicted molar refractivity (Wildman–Crippen MR) is 85.6 cm³/mol. The molecule has 0 aliphatic rings. The van der Waals surface area contributed by atoms with E-state index in [1.807, 2.05) is 13.8 Å². The summed E-state index contributed by atoms with van der Waals surface area (Å²) in [5, 5.41) is 20.9. The summed E-state index contributed by atoms with van der Waals surface area (Å²) in [4.78, 5) is 11.5. The summed E-state index contributed by atoms with van der Waals surface area (Å²) in [5.41, 5.74) is 1.28. The van der Waals surface area contributed by atoms with Gasteiger partial charge in [-0.1, -0.05) is 32.0 Å². The molecule has 7 heteroatoms. The number of hydrogen-bond donors (Lipinski definition) is 1. The van der Waals surface area contributed by atoms with Gasteiger partial charge in [-0.2, -0.15) is 4.68 Å². The van der Waals surface area contributed by atoms with Crippen molar-refractivity contribution >= 4 is 5.97 Å². The Kier molecular flexibility index (Phi) is 4.07. The van der Waals surface area contributed by atoms with Crippen LogP contribution in [0.3, 0.4) is 0 Å². The van der Waals surface area contributed by atoms with Crippen LogP contribution in [0.4, 0.5) is 4.39 Å². The standard InChI is InChI=1S/C17H15FN4O2/c1-10(2)16-19-20-21-22(16)13-8-11(7-12(9-13)17(23)24)14-5-3-4-6-15(14)18/h3-10H,1-2H3,(H,23,24). The number of aromatic carboxylic acids is 1. The van der Waals surface area contributed by atoms with E-state index in [-0.39, 0.29) is 11.5 Å². The molecule has 0 spiro atoms. The van der Waals surface area contributed by atoms with E-state index in [2.05, 4.69) is 15.5 Å². The normalized spacial score (nSPS) is 11.0. The Hall–Kier alpha value is -3.09. The average Bonchev–Trinajstić information content (AvgIpc) is 3.04. The van der Waals surface area contributed by atoms with E-state index < -0.39 is 11.8 Å². The van der Waals surface area contributed by atoms with Crippen molar-refractivity contribution in [3.8, 4) is 16.8 Å². The first kappa shape index (κ1) is 15.8. The van der Waals surface area contributed by atoms with Crippen LogP contribution in [0.15, 0.2) is 42.5 Å². The zero-order valence-corrected chi connectivity index (χ0v) is 13.1. The summed E-state index contributed by atoms with van der Waals surface area (Å²) in [6.07, 6.45) is 0. The Morgan fingerprint density at radius 3 is 2.62 bits per heavy atom. The van der Waals surface area contributed by atoms with Crippen LogP contribution in [0, 0.1) is 5.82 Å². The number of rotatable bonds is 4. The smallest absolute Gasteiger partial charge is 0.335 e. The van der Waals surface area contributed by atoms with Crippen LogP contribution in [0.1, 0.15) is 35.9 Å². The van der Waals surface area contributed by atoms with Gasteiger partial charge in [0.2, 0.25) is 0 Å². The molecule has 0 saturated heterocycles. The summed E-state index contributed by atoms with van der Waals surface area (Å²) in [6.45, 7) is 3.86. The molecule has 1 aromatic heterocycles. The predicted octanol–water partition coefficient (Wildman–Crippen LogP) is 3.29. The maximum atomic E-state index is 14.1. The monoisotopic (exact) mass is 326 g/mol. The Morgan fingerprint density at radius 1 is 1.21 bits per heavy atom. The Morgan fingerprint density at radius 2 is 1.96 bits per heavy atom. The number of halogens is 1. The summed E-state index contributed by atoms with van der Waals surface area (Å²) in [6, 6.07) is 10.8. The van der Waals surface area contributed by atoms with Gasteiger partial charge in [-0.25, -0.2) is 9.18 Å². The van der Waals surface area contributed by atoms with Crippen molar-refractivity contribution in [2.45, 2.75) is 19.8 Å². The first-order chi connectivity index (χ1) is 11.5. The van der Waals surface area contributed by atoms with Gasteiger partial charge in [0.05, 0.1) is 11.3 Å². The molecule has 0 fully saturated rings. The Labute approximate surface area is 137 Å². The molecule has 24 heavy (non-hydrogen) atoms. The summed E-state index contributed by atoms with van der Waals surface area (Å²) in [5.74, 6) is -0.886. The maximum absolute atomic E-state index is 14.1. The van der Waals surface area contributed by atoms with E-state index in [9.17, 15) is 14.3 Å². The minimum Gasteiger partial charge on any atom is -0.478 e. The third kappa shape index (κ3) is 2.88. The molecule has 0 aliphatic heterocycles. The van der Waals surface area contributed by atoms with Crippen molar-refractivity contribution < 1.29 is 14.3 Å². The van der Waals surface area contributed by atoms with Crippen LogP contribution in [0.2, 0.25) is 0 Å². The number of carboxylic acid groups (broad SMARTS) is 1. The fourth-order valence-electron chi connectivity index (χ4n) is 2.45. The second-order valence-electron chi connectivity index (χ2n) is 5.66. The molecule has 0 aliphatic carbocycles. The number of aromatic nitrogens is 4. The maximum Gasteiger partial charge on any atom is 0.335 e. The van der Waals surface area contributed by atoms with Gasteiger partial charge in [0.15, 0.2) is 5.82 Å². The van der Waals surface area contributed by atoms with Crippen molar-refractivity contribution in [3.63, 3.8) is 0 Å². The highest BCUT2D eigenvalue weighted by molar-refractivity contribution is 5.90. The topological polar surface area (TPSA) is 80.9 Å². The van der Waals surface area contributed by atoms with Gasteiger partial charge in [-0.15, -0.1) is 5.10 Å². The first-order valence-corrected chi connectivity index (χ1v) is 7.39. The summed E-state index contributed by atoms with van der Waals surface area (Å²) in [7, 11) is 0. The number of carbonyl (C=O) groups is 1. The fraction of sp³-hybridized carbons (Fsp3) is 0.176. The van der Waals surface area contributed by atoms with Crippen molar-refractivity contribution in [1.29, 1.82) is 0 Å². The zero-order chi connectivity index (χ0) is 17.3. The van der Waals surface area contributed by atoms with E-state index >= 15 is 0 Å². The van der Waals surface area contributed by atoms with Gasteiger partial charge in [0.25, 0.3) is 0 Å². The first-order valence-electron chi connectivity index (χ1n) is 7.39. The minimum absolute atomic E-state index is 0.0379. The number of hydrogen-bond acceptors (Lipinski definition) is 4. The number of carboxylic acids is 1. The van der Waals surface area contributed by atoms with Crippen LogP contribution < -0.4 is 0 Å². The molecule has 3 rings (SSSR count). The SMILES string of the molecule is CC(C)c1nnnn1-c1cc(C(=O)O)cc(-c2ccccc2F)c1. The highest BCUT2D eigenvalue weighted by Crippen LogP contribution is 2.27. The highest BCUT2D eigenvalue weighted by Gasteiger charge is 2.16. The van der Waals surface area contributed by atoms with E-state index in [4.69, 9.17) is 0 Å². The van der Waals surface area contributed by atoms with Crippen molar-refractivity contribution in [3.05, 3.63) is 59.7 Å². The lowest BCUT2D eigenvalue weighted by atomic mass is 10.0. The molecular formula is C17H15FN4O2. The van der Waals surface area contributed by atoms with Gasteiger partial charge < -0.3 is 5.11 Å². The molecular weight excluding hydrogens is 311 g/mol. The van der Waals surface area contributed by atoms with E-state index in [0.717, 1.165) is 0 Å². The van der Waals surface area contributed by atoms with Crippen LogP contribution in [-0.4, -0.2) is 31.3 Å². The molecule has 0 bridgehead atoms. The minimum atomic E-state index is -1.10. The van der Waals surface area contributed by atoms with Crippen molar-refractivity contribution in [1.82, 2.24) is 20.2 Å². The number of tetrazole rings is 1. The summed E-state index contributed by atoms with van der Waals surface area (Å²) < 4.78 is 15.6. The van der Waals surface area contributed by atoms with Gasteiger partial charge >= 0.3 is 5.97 Å². The zero-order valence-electron chi connectivity index (χ0n) is 13.1. The lowest BCUT2D eigenvalue weighted by molar-refractivity contribution is 0.0697. The molecule has 2 aromatic carbocycles. The second-order valence-corrected chi connectivity index (χ2v) is 5.66. The lowest BCUT2D eigenvalue weighted by Gasteiger charge is -2.11. The quantitative estimate of drug-likeness (QED) is 0.795. The second kappa shape index (κ2) is 6.19. The van der Waals surface area contributed by atoms with E-state index in [1.54, 1.807) is 24.3 Å². The van der Waals surface area contributed by atoms with Gasteiger partial charge in [-0.05, 0) is 40.3 Å². The highest BCUT2D eigenvalue weighted by atomic mass is 19.1. The van der Waals surface area contributed by atoms with Crippen LogP contribution in [0.5, 0.6) is 0 Å². The van der Waals surface area contributed by atoms with E-state index in [0.29, 0.717) is 22.6 Å². The molecule has 0 atom stereocenters. The molecule has 0 amide bonds. The Balaban J connectivity index is 2.23. The molecule has 122 valence electrons. The Bertz CT molecular complexity index is 905. The van der Waals surface area contributed by atoms with Crippen LogP contribution in [0.25, 0.3) is 16.8 Å². The molecule has 1 heterocycles. The molecule has 0 unspecified atom stereocenters. The number of benzene rings is 2. The van der Waals surface area contributed by atoms with Crippen LogP contribution >= 0.6 is 0 Å². The fourth-order valence-corrected chi connectivity index (χ4v) is 2.45. The average molecular weight is 326 g/mol. The van der Waals surface area contributed by atoms with Gasteiger partial charge in [-0.3, -0.25) is 0 Å². The third-order valence-electron chi connectivity index (χ3n) is 3.60. The molecule has 0 radical (unpaired) electrons. The van der Waals surface area contributed by atoms with Gasteiger partial charge in [0, 0.05) is 11.5 Å². The largest absolute Gasteiger partial charge is 0.478 e. The third-order valence-corrected chi connectivity index (χ3v) is 3.60. The summed E-state index contributed by atoms with van der Waals surface area (Å²) >= 11 is 0. The van der Waals surface area contributed by atoms with Gasteiger partial charge in [0.1, 0.15) is 5.82 Å². The number of nitrogens with zero attached hydrogens (tertiary/aromatic N) is 4. The lowest BCUT2D eigenvalue weighted by Crippen LogP contribution is -2.07. The molecule has 0 saturated carbocycles. The van der Waals surface area contributed by atoms with Crippen molar-refractivity contribution in [2.75, 3.05) is 0 Å². The molecule has 6 nitrogen and oxygen atoms in total. The van der Waals surface area contributed by atoms with E-state index in [1.165, 1.54) is 22.9 Å². The molecule has 1 N–H and O–H groups in total.